The van der Waals surface area contributed by atoms with Crippen LogP contribution in [0, 0.1) is 0 Å². The van der Waals surface area contributed by atoms with Gasteiger partial charge in [0, 0.05) is 12.6 Å². The summed E-state index contributed by atoms with van der Waals surface area (Å²) in [5, 5.41) is 6.65. The average Bonchev–Trinajstić information content (AvgIpc) is 2.81. The molecular weight excluding hydrogens is 206 g/mol. The number of aromatic nitrogens is 4. The molecule has 0 aliphatic heterocycles. The molecule has 1 N–H and O–H groups in total. The molecule has 2 aromatic heterocycles. The normalized spacial score (nSPS) is 10.0. The highest BCUT2D eigenvalue weighted by atomic mass is 16.1. The monoisotopic (exact) mass is 217 g/mol. The van der Waals surface area contributed by atoms with Gasteiger partial charge in [0.05, 0.1) is 18.4 Å². The second kappa shape index (κ2) is 5.01. The van der Waals surface area contributed by atoms with Gasteiger partial charge >= 0.3 is 0 Å². The lowest BCUT2D eigenvalue weighted by molar-refractivity contribution is -0.116. The first-order chi connectivity index (χ1) is 7.84. The number of carbonyl (C=O) groups excluding carboxylic acids is 1. The number of hydrogen-bond donors (Lipinski definition) is 1. The van der Waals surface area contributed by atoms with Crippen LogP contribution in [0.2, 0.25) is 0 Å². The molecule has 1 amide bonds. The molecule has 16 heavy (non-hydrogen) atoms. The number of pyridine rings is 1. The Morgan fingerprint density at radius 3 is 3.06 bits per heavy atom. The van der Waals surface area contributed by atoms with Crippen molar-refractivity contribution >= 4 is 11.6 Å². The fourth-order valence-corrected chi connectivity index (χ4v) is 1.22. The molecule has 0 unspecified atom stereocenters. The van der Waals surface area contributed by atoms with Gasteiger partial charge in [0.1, 0.15) is 12.7 Å². The van der Waals surface area contributed by atoms with Gasteiger partial charge in [-0.15, -0.1) is 0 Å². The number of carbonyl (C=O) groups is 1. The zero-order valence-electron chi connectivity index (χ0n) is 8.58. The van der Waals surface area contributed by atoms with E-state index in [1.54, 1.807) is 35.5 Å². The Morgan fingerprint density at radius 2 is 2.38 bits per heavy atom. The van der Waals surface area contributed by atoms with Gasteiger partial charge in [0.2, 0.25) is 5.91 Å². The number of hydrogen-bond acceptors (Lipinski definition) is 4. The number of amides is 1. The molecule has 0 saturated carbocycles. The molecule has 0 bridgehead atoms. The van der Waals surface area contributed by atoms with Gasteiger partial charge < -0.3 is 5.32 Å². The third-order valence-electron chi connectivity index (χ3n) is 1.98. The van der Waals surface area contributed by atoms with Crippen LogP contribution in [0.25, 0.3) is 0 Å². The lowest BCUT2D eigenvalue weighted by Crippen LogP contribution is -2.14. The molecule has 2 heterocycles. The van der Waals surface area contributed by atoms with Crippen LogP contribution in [0.3, 0.4) is 0 Å². The maximum absolute atomic E-state index is 11.5. The SMILES string of the molecule is O=C(CCn1cncn1)Nc1cccnc1. The summed E-state index contributed by atoms with van der Waals surface area (Å²) in [5.74, 6) is -0.0662. The average molecular weight is 217 g/mol. The van der Waals surface area contributed by atoms with Crippen molar-refractivity contribution < 1.29 is 4.79 Å². The van der Waals surface area contributed by atoms with Crippen molar-refractivity contribution in [3.8, 4) is 0 Å². The first-order valence-corrected chi connectivity index (χ1v) is 4.87. The highest BCUT2D eigenvalue weighted by Crippen LogP contribution is 2.03. The minimum atomic E-state index is -0.0662. The highest BCUT2D eigenvalue weighted by molar-refractivity contribution is 5.90. The summed E-state index contributed by atoms with van der Waals surface area (Å²) in [6.45, 7) is 0.520. The Kier molecular flexibility index (Phi) is 3.22. The molecule has 0 aliphatic rings. The number of anilines is 1. The summed E-state index contributed by atoms with van der Waals surface area (Å²) >= 11 is 0. The molecule has 2 aromatic rings. The summed E-state index contributed by atoms with van der Waals surface area (Å²) in [4.78, 5) is 19.2. The summed E-state index contributed by atoms with van der Waals surface area (Å²) in [6.07, 6.45) is 6.65. The lowest BCUT2D eigenvalue weighted by Gasteiger charge is -2.03. The Morgan fingerprint density at radius 1 is 1.44 bits per heavy atom. The largest absolute Gasteiger partial charge is 0.325 e. The van der Waals surface area contributed by atoms with Gasteiger partial charge in [-0.05, 0) is 12.1 Å². The topological polar surface area (TPSA) is 72.7 Å². The van der Waals surface area contributed by atoms with Crippen LogP contribution in [0.4, 0.5) is 5.69 Å². The van der Waals surface area contributed by atoms with Crippen molar-refractivity contribution in [3.05, 3.63) is 37.2 Å². The molecule has 6 nitrogen and oxygen atoms in total. The predicted octanol–water partition coefficient (Wildman–Crippen LogP) is 0.702. The van der Waals surface area contributed by atoms with Gasteiger partial charge in [0.25, 0.3) is 0 Å². The quantitative estimate of drug-likeness (QED) is 0.818. The molecule has 0 atom stereocenters. The van der Waals surface area contributed by atoms with Gasteiger partial charge in [-0.3, -0.25) is 14.5 Å². The van der Waals surface area contributed by atoms with Gasteiger partial charge in [-0.25, -0.2) is 4.98 Å². The van der Waals surface area contributed by atoms with Crippen LogP contribution >= 0.6 is 0 Å². The van der Waals surface area contributed by atoms with Gasteiger partial charge in [0.15, 0.2) is 0 Å². The number of nitrogens with one attached hydrogen (secondary N) is 1. The van der Waals surface area contributed by atoms with E-state index < -0.39 is 0 Å². The standard InChI is InChI=1S/C10H11N5O/c16-10(3-5-15-8-12-7-13-15)14-9-2-1-4-11-6-9/h1-2,4,6-8H,3,5H2,(H,14,16). The summed E-state index contributed by atoms with van der Waals surface area (Å²) in [7, 11) is 0. The van der Waals surface area contributed by atoms with Crippen LogP contribution in [0.1, 0.15) is 6.42 Å². The molecule has 82 valence electrons. The number of nitrogens with zero attached hydrogens (tertiary/aromatic N) is 4. The molecule has 0 saturated heterocycles. The lowest BCUT2D eigenvalue weighted by atomic mass is 10.3. The second-order valence-electron chi connectivity index (χ2n) is 3.20. The van der Waals surface area contributed by atoms with Crippen LogP contribution in [0.5, 0.6) is 0 Å². The first kappa shape index (κ1) is 10.3. The van der Waals surface area contributed by atoms with Crippen molar-refractivity contribution in [1.29, 1.82) is 0 Å². The maximum Gasteiger partial charge on any atom is 0.226 e. The van der Waals surface area contributed by atoms with Crippen molar-refractivity contribution in [2.75, 3.05) is 5.32 Å². The fourth-order valence-electron chi connectivity index (χ4n) is 1.22. The van der Waals surface area contributed by atoms with E-state index in [4.69, 9.17) is 0 Å². The molecule has 0 radical (unpaired) electrons. The van der Waals surface area contributed by atoms with Crippen molar-refractivity contribution in [2.24, 2.45) is 0 Å². The summed E-state index contributed by atoms with van der Waals surface area (Å²) < 4.78 is 1.61. The number of aryl methyl sites for hydroxylation is 1. The van der Waals surface area contributed by atoms with Crippen LogP contribution in [-0.4, -0.2) is 25.7 Å². The van der Waals surface area contributed by atoms with E-state index in [0.717, 1.165) is 0 Å². The Balaban J connectivity index is 1.81. The fraction of sp³-hybridized carbons (Fsp3) is 0.200. The van der Waals surface area contributed by atoms with Crippen molar-refractivity contribution in [1.82, 2.24) is 19.7 Å². The van der Waals surface area contributed by atoms with E-state index in [1.807, 2.05) is 0 Å². The smallest absolute Gasteiger partial charge is 0.226 e. The molecule has 2 rings (SSSR count). The zero-order chi connectivity index (χ0) is 11.2. The summed E-state index contributed by atoms with van der Waals surface area (Å²) in [6, 6.07) is 3.56. The highest BCUT2D eigenvalue weighted by Gasteiger charge is 2.02. The van der Waals surface area contributed by atoms with Gasteiger partial charge in [-0.1, -0.05) is 0 Å². The minimum Gasteiger partial charge on any atom is -0.325 e. The molecule has 0 aromatic carbocycles. The maximum atomic E-state index is 11.5. The molecular formula is C10H11N5O. The Labute approximate surface area is 92.3 Å². The van der Waals surface area contributed by atoms with Crippen LogP contribution in [-0.2, 0) is 11.3 Å². The van der Waals surface area contributed by atoms with E-state index in [9.17, 15) is 4.79 Å². The van der Waals surface area contributed by atoms with E-state index in [1.165, 1.54) is 6.33 Å². The Hall–Kier alpha value is -2.24. The predicted molar refractivity (Wildman–Crippen MR) is 57.5 cm³/mol. The summed E-state index contributed by atoms with van der Waals surface area (Å²) in [5.41, 5.74) is 0.700. The van der Waals surface area contributed by atoms with E-state index in [2.05, 4.69) is 20.4 Å². The number of rotatable bonds is 4. The van der Waals surface area contributed by atoms with E-state index in [0.29, 0.717) is 18.7 Å². The van der Waals surface area contributed by atoms with Crippen molar-refractivity contribution in [3.63, 3.8) is 0 Å². The third kappa shape index (κ3) is 2.88. The van der Waals surface area contributed by atoms with E-state index in [-0.39, 0.29) is 5.91 Å². The second-order valence-corrected chi connectivity index (χ2v) is 3.20. The third-order valence-corrected chi connectivity index (χ3v) is 1.98. The first-order valence-electron chi connectivity index (χ1n) is 4.87. The minimum absolute atomic E-state index is 0.0662. The van der Waals surface area contributed by atoms with Gasteiger partial charge in [-0.2, -0.15) is 5.10 Å². The van der Waals surface area contributed by atoms with E-state index >= 15 is 0 Å². The molecule has 0 aliphatic carbocycles. The zero-order valence-corrected chi connectivity index (χ0v) is 8.58. The molecule has 6 heteroatoms. The molecule has 0 spiro atoms. The van der Waals surface area contributed by atoms with Crippen LogP contribution < -0.4 is 5.32 Å². The molecule has 0 fully saturated rings. The van der Waals surface area contributed by atoms with Crippen LogP contribution in [0.15, 0.2) is 37.2 Å². The van der Waals surface area contributed by atoms with Crippen molar-refractivity contribution in [2.45, 2.75) is 13.0 Å². The Bertz CT molecular complexity index is 439.